The molecule has 132 valence electrons. The lowest BCUT2D eigenvalue weighted by molar-refractivity contribution is -0.117. The molecule has 2 N–H and O–H groups in total. The lowest BCUT2D eigenvalue weighted by Crippen LogP contribution is -2.17. The first-order valence-electron chi connectivity index (χ1n) is 8.07. The molecule has 1 atom stereocenters. The van der Waals surface area contributed by atoms with Crippen molar-refractivity contribution in [1.29, 1.82) is 0 Å². The summed E-state index contributed by atoms with van der Waals surface area (Å²) in [5.74, 6) is 1.20. The third-order valence-electron chi connectivity index (χ3n) is 4.35. The third-order valence-corrected chi connectivity index (χ3v) is 6.02. The van der Waals surface area contributed by atoms with Gasteiger partial charge in [0.25, 0.3) is 0 Å². The van der Waals surface area contributed by atoms with Crippen LogP contribution in [-0.4, -0.2) is 13.0 Å². The molecule has 0 spiro atoms. The van der Waals surface area contributed by atoms with E-state index in [1.54, 1.807) is 18.4 Å². The summed E-state index contributed by atoms with van der Waals surface area (Å²) in [6.45, 7) is 0. The minimum atomic E-state index is -0.352. The van der Waals surface area contributed by atoms with E-state index in [1.165, 1.54) is 0 Å². The summed E-state index contributed by atoms with van der Waals surface area (Å²) in [6, 6.07) is 15.8. The summed E-state index contributed by atoms with van der Waals surface area (Å²) in [5, 5.41) is 0. The molecule has 1 aromatic heterocycles. The average molecular weight is 430 g/mol. The summed E-state index contributed by atoms with van der Waals surface area (Å²) in [4.78, 5) is 12.4. The number of rotatable bonds is 4. The molecule has 1 aliphatic rings. The lowest BCUT2D eigenvalue weighted by Gasteiger charge is -2.29. The summed E-state index contributed by atoms with van der Waals surface area (Å²) in [6.07, 6.45) is -0.0406. The summed E-state index contributed by atoms with van der Waals surface area (Å²) < 4.78 is 12.9. The van der Waals surface area contributed by atoms with Gasteiger partial charge in [-0.15, -0.1) is 11.3 Å². The predicted molar refractivity (Wildman–Crippen MR) is 106 cm³/mol. The molecule has 0 saturated carbocycles. The van der Waals surface area contributed by atoms with Crippen LogP contribution in [0.15, 0.2) is 52.3 Å². The van der Waals surface area contributed by atoms with Crippen molar-refractivity contribution in [3.05, 3.63) is 68.3 Å². The summed E-state index contributed by atoms with van der Waals surface area (Å²) in [5.41, 5.74) is 9.24. The maximum absolute atomic E-state index is 11.4. The molecule has 3 aromatic rings. The van der Waals surface area contributed by atoms with Gasteiger partial charge in [0.1, 0.15) is 11.5 Å². The van der Waals surface area contributed by atoms with Crippen LogP contribution in [0, 0.1) is 0 Å². The number of ether oxygens (including phenoxy) is 2. The molecule has 0 bridgehead atoms. The minimum absolute atomic E-state index is 0.201. The molecule has 0 fully saturated rings. The molecule has 26 heavy (non-hydrogen) atoms. The van der Waals surface area contributed by atoms with Crippen LogP contribution in [0.3, 0.4) is 0 Å². The maximum atomic E-state index is 11.4. The Kier molecular flexibility index (Phi) is 4.46. The number of benzene rings is 2. The van der Waals surface area contributed by atoms with Gasteiger partial charge in [0, 0.05) is 5.56 Å². The quantitative estimate of drug-likeness (QED) is 0.653. The second-order valence-corrected chi connectivity index (χ2v) is 8.53. The standard InChI is InChI=1S/C20H16BrNO3S/c1-24-14-3-2-4-15-19(14)12-6-5-11(10-18(22)23)9-13(12)20(25-15)16-7-8-17(21)26-16/h2-9,20H,10H2,1H3,(H2,22,23). The van der Waals surface area contributed by atoms with Crippen LogP contribution < -0.4 is 15.2 Å². The monoisotopic (exact) mass is 429 g/mol. The molecule has 0 radical (unpaired) electrons. The first kappa shape index (κ1) is 17.1. The van der Waals surface area contributed by atoms with Crippen molar-refractivity contribution in [3.8, 4) is 22.6 Å². The zero-order valence-electron chi connectivity index (χ0n) is 14.0. The van der Waals surface area contributed by atoms with Crippen LogP contribution in [0.2, 0.25) is 0 Å². The fourth-order valence-electron chi connectivity index (χ4n) is 3.28. The number of primary amides is 1. The van der Waals surface area contributed by atoms with Crippen LogP contribution in [0.4, 0.5) is 0 Å². The van der Waals surface area contributed by atoms with Gasteiger partial charge in [-0.3, -0.25) is 4.79 Å². The van der Waals surface area contributed by atoms with Crippen molar-refractivity contribution < 1.29 is 14.3 Å². The average Bonchev–Trinajstić information content (AvgIpc) is 3.06. The maximum Gasteiger partial charge on any atom is 0.221 e. The number of halogens is 1. The van der Waals surface area contributed by atoms with E-state index < -0.39 is 0 Å². The predicted octanol–water partition coefficient (Wildman–Crippen LogP) is 4.70. The summed E-state index contributed by atoms with van der Waals surface area (Å²) in [7, 11) is 1.65. The highest BCUT2D eigenvalue weighted by Gasteiger charge is 2.30. The second-order valence-electron chi connectivity index (χ2n) is 6.04. The van der Waals surface area contributed by atoms with Gasteiger partial charge in [0.15, 0.2) is 6.10 Å². The van der Waals surface area contributed by atoms with E-state index in [0.717, 1.165) is 42.4 Å². The summed E-state index contributed by atoms with van der Waals surface area (Å²) >= 11 is 5.15. The van der Waals surface area contributed by atoms with E-state index in [9.17, 15) is 4.79 Å². The highest BCUT2D eigenvalue weighted by atomic mass is 79.9. The molecule has 1 amide bonds. The number of amides is 1. The molecule has 4 nitrogen and oxygen atoms in total. The van der Waals surface area contributed by atoms with Gasteiger partial charge >= 0.3 is 0 Å². The van der Waals surface area contributed by atoms with Crippen LogP contribution in [0.25, 0.3) is 11.1 Å². The number of nitrogens with two attached hydrogens (primary N) is 1. The molecule has 6 heteroatoms. The Bertz CT molecular complexity index is 998. The van der Waals surface area contributed by atoms with Crippen molar-refractivity contribution in [1.82, 2.24) is 0 Å². The Morgan fingerprint density at radius 2 is 2.12 bits per heavy atom. The molecular formula is C20H16BrNO3S. The Morgan fingerprint density at radius 3 is 2.81 bits per heavy atom. The molecule has 0 aliphatic carbocycles. The van der Waals surface area contributed by atoms with Crippen molar-refractivity contribution in [2.75, 3.05) is 7.11 Å². The molecule has 1 unspecified atom stereocenters. The molecule has 2 aromatic carbocycles. The highest BCUT2D eigenvalue weighted by Crippen LogP contribution is 2.50. The van der Waals surface area contributed by atoms with Gasteiger partial charge in [0.2, 0.25) is 5.91 Å². The minimum Gasteiger partial charge on any atom is -0.496 e. The van der Waals surface area contributed by atoms with Gasteiger partial charge in [-0.05, 0) is 51.3 Å². The van der Waals surface area contributed by atoms with E-state index in [-0.39, 0.29) is 18.4 Å². The first-order valence-corrected chi connectivity index (χ1v) is 9.68. The molecule has 4 rings (SSSR count). The SMILES string of the molecule is COc1cccc2c1-c1ccc(CC(N)=O)cc1C(c1ccc(Br)s1)O2. The van der Waals surface area contributed by atoms with Gasteiger partial charge < -0.3 is 15.2 Å². The molecule has 2 heterocycles. The number of hydrogen-bond donors (Lipinski definition) is 1. The van der Waals surface area contributed by atoms with E-state index >= 15 is 0 Å². The fraction of sp³-hybridized carbons (Fsp3) is 0.150. The lowest BCUT2D eigenvalue weighted by atomic mass is 9.89. The van der Waals surface area contributed by atoms with Crippen LogP contribution in [0.1, 0.15) is 22.1 Å². The zero-order valence-corrected chi connectivity index (χ0v) is 16.4. The number of methoxy groups -OCH3 is 1. The van der Waals surface area contributed by atoms with Crippen LogP contribution in [0.5, 0.6) is 11.5 Å². The fourth-order valence-corrected chi connectivity index (χ4v) is 4.76. The van der Waals surface area contributed by atoms with Crippen LogP contribution >= 0.6 is 27.3 Å². The van der Waals surface area contributed by atoms with E-state index in [1.807, 2.05) is 42.5 Å². The number of carbonyl (C=O) groups is 1. The first-order chi connectivity index (χ1) is 12.6. The van der Waals surface area contributed by atoms with Crippen molar-refractivity contribution in [2.24, 2.45) is 5.73 Å². The van der Waals surface area contributed by atoms with Gasteiger partial charge in [0.05, 0.1) is 27.8 Å². The largest absolute Gasteiger partial charge is 0.496 e. The van der Waals surface area contributed by atoms with E-state index in [4.69, 9.17) is 15.2 Å². The Morgan fingerprint density at radius 1 is 1.27 bits per heavy atom. The third kappa shape index (κ3) is 2.99. The van der Waals surface area contributed by atoms with E-state index in [2.05, 4.69) is 22.0 Å². The van der Waals surface area contributed by atoms with Crippen molar-refractivity contribution in [2.45, 2.75) is 12.5 Å². The van der Waals surface area contributed by atoms with Gasteiger partial charge in [-0.2, -0.15) is 0 Å². The molecular weight excluding hydrogens is 414 g/mol. The Labute approximate surface area is 163 Å². The highest BCUT2D eigenvalue weighted by molar-refractivity contribution is 9.11. The van der Waals surface area contributed by atoms with Gasteiger partial charge in [-0.25, -0.2) is 0 Å². The number of fused-ring (bicyclic) bond motifs is 3. The second kappa shape index (κ2) is 6.78. The number of hydrogen-bond acceptors (Lipinski definition) is 4. The topological polar surface area (TPSA) is 61.5 Å². The Hall–Kier alpha value is -2.31. The van der Waals surface area contributed by atoms with Gasteiger partial charge in [-0.1, -0.05) is 24.3 Å². The van der Waals surface area contributed by atoms with E-state index in [0.29, 0.717) is 0 Å². The van der Waals surface area contributed by atoms with Crippen LogP contribution in [-0.2, 0) is 11.2 Å². The normalized spacial score (nSPS) is 14.9. The molecule has 0 saturated heterocycles. The Balaban J connectivity index is 1.92. The van der Waals surface area contributed by atoms with Crippen molar-refractivity contribution >= 4 is 33.2 Å². The smallest absolute Gasteiger partial charge is 0.221 e. The number of carbonyl (C=O) groups excluding carboxylic acids is 1. The zero-order chi connectivity index (χ0) is 18.3. The van der Waals surface area contributed by atoms with Crippen molar-refractivity contribution in [3.63, 3.8) is 0 Å². The molecule has 1 aliphatic heterocycles. The number of thiophene rings is 1.